The number of allylic oxidation sites excluding steroid dienone is 1. The molecule has 6 aliphatic rings. The minimum Gasteiger partial charge on any atom is -0.458 e. The first-order chi connectivity index (χ1) is 17.7. The Morgan fingerprint density at radius 2 is 1.92 bits per heavy atom. The molecule has 0 aromatic rings. The number of fused-ring (bicyclic) bond motifs is 4. The van der Waals surface area contributed by atoms with Gasteiger partial charge < -0.3 is 14.6 Å². The van der Waals surface area contributed by atoms with Gasteiger partial charge in [-0.3, -0.25) is 9.35 Å². The maximum atomic E-state index is 13.3. The molecule has 210 valence electrons. The van der Waals surface area contributed by atoms with Crippen LogP contribution in [0, 0.1) is 40.4 Å². The molecule has 10 heteroatoms. The summed E-state index contributed by atoms with van der Waals surface area (Å²) >= 11 is 0. The van der Waals surface area contributed by atoms with E-state index in [1.54, 1.807) is 19.1 Å². The van der Waals surface area contributed by atoms with Gasteiger partial charge in [-0.2, -0.15) is 8.42 Å². The number of esters is 1. The molecule has 0 unspecified atom stereocenters. The molecule has 3 saturated carbocycles. The van der Waals surface area contributed by atoms with Crippen LogP contribution in [0.25, 0.3) is 0 Å². The largest absolute Gasteiger partial charge is 0.458 e. The van der Waals surface area contributed by atoms with Crippen LogP contribution >= 0.6 is 0 Å². The molecule has 0 aromatic heterocycles. The van der Waals surface area contributed by atoms with Crippen molar-refractivity contribution in [3.8, 4) is 0 Å². The highest BCUT2D eigenvalue weighted by atomic mass is 32.3. The van der Waals surface area contributed by atoms with Crippen LogP contribution in [-0.4, -0.2) is 60.3 Å². The summed E-state index contributed by atoms with van der Waals surface area (Å²) in [5, 5.41) is 10.9. The standard InChI is InChI=1S/C28H38O9S/c1-14-11-21(36-25(31)17(14)13-35-38(32,33)34)15(2)18-5-6-19-16-12-24-28(37-24)23(30)8-7-22(29)27(28,4)20(16)9-10-26(18,19)3/h7-8,15-16,18-21,23-24,30H,5-6,9-13H2,1-4H3,(H,32,33,34)/t15-,16-,18+,19-,20-,21+,23-,24+,26+,27-,28+/m0/s1. The summed E-state index contributed by atoms with van der Waals surface area (Å²) in [5.41, 5.74) is -0.582. The molecular formula is C28H38O9S. The molecule has 2 N–H and O–H groups in total. The SMILES string of the molecule is CC1=C(COS(=O)(=O)O)C(=O)O[C@@H]([C@@H](C)[C@H]2CC[C@H]3[C@@H]4C[C@H]5O[C@]56[C@@H](O)C=CC(=O)[C@]6(C)[C@H]4CC[C@]23C)C1. The molecule has 4 fully saturated rings. The molecule has 0 radical (unpaired) electrons. The average molecular weight is 551 g/mol. The first-order valence-electron chi connectivity index (χ1n) is 13.8. The molecule has 0 aromatic carbocycles. The zero-order valence-corrected chi connectivity index (χ0v) is 23.2. The summed E-state index contributed by atoms with van der Waals surface area (Å²) < 4.78 is 47.3. The van der Waals surface area contributed by atoms with Crippen molar-refractivity contribution in [3.05, 3.63) is 23.3 Å². The van der Waals surface area contributed by atoms with Crippen molar-refractivity contribution in [1.82, 2.24) is 0 Å². The summed E-state index contributed by atoms with van der Waals surface area (Å²) in [6.07, 6.45) is 7.33. The van der Waals surface area contributed by atoms with E-state index in [2.05, 4.69) is 18.0 Å². The van der Waals surface area contributed by atoms with Gasteiger partial charge in [-0.15, -0.1) is 0 Å². The number of rotatable bonds is 5. The maximum Gasteiger partial charge on any atom is 0.397 e. The van der Waals surface area contributed by atoms with Gasteiger partial charge in [0.25, 0.3) is 0 Å². The first kappa shape index (κ1) is 26.6. The fourth-order valence-corrected chi connectivity index (χ4v) is 10.1. The number of epoxide rings is 1. The summed E-state index contributed by atoms with van der Waals surface area (Å²) in [6.45, 7) is 7.79. The van der Waals surface area contributed by atoms with Crippen LogP contribution in [0.3, 0.4) is 0 Å². The van der Waals surface area contributed by atoms with E-state index in [1.807, 2.05) is 6.92 Å². The number of hydrogen-bond acceptors (Lipinski definition) is 8. The van der Waals surface area contributed by atoms with Gasteiger partial charge in [-0.1, -0.05) is 19.4 Å². The molecule has 38 heavy (non-hydrogen) atoms. The Kier molecular flexibility index (Phi) is 5.93. The van der Waals surface area contributed by atoms with Gasteiger partial charge in [0.05, 0.1) is 17.1 Å². The summed E-state index contributed by atoms with van der Waals surface area (Å²) in [7, 11) is -4.65. The molecule has 2 aliphatic heterocycles. The van der Waals surface area contributed by atoms with Gasteiger partial charge in [0.2, 0.25) is 0 Å². The predicted octanol–water partition coefficient (Wildman–Crippen LogP) is 3.18. The molecule has 0 amide bonds. The highest BCUT2D eigenvalue weighted by Gasteiger charge is 2.80. The predicted molar refractivity (Wildman–Crippen MR) is 135 cm³/mol. The average Bonchev–Trinajstić information content (AvgIpc) is 3.47. The molecule has 1 saturated heterocycles. The molecular weight excluding hydrogens is 512 g/mol. The molecule has 1 spiro atoms. The number of aliphatic hydroxyl groups excluding tert-OH is 1. The lowest BCUT2D eigenvalue weighted by molar-refractivity contribution is -0.155. The van der Waals surface area contributed by atoms with E-state index < -0.39 is 40.1 Å². The second kappa shape index (κ2) is 8.46. The zero-order valence-electron chi connectivity index (χ0n) is 22.4. The molecule has 6 rings (SSSR count). The number of ether oxygens (including phenoxy) is 2. The lowest BCUT2D eigenvalue weighted by Gasteiger charge is -2.58. The number of aliphatic hydroxyl groups is 1. The Hall–Kier alpha value is -1.59. The van der Waals surface area contributed by atoms with E-state index >= 15 is 0 Å². The Bertz CT molecular complexity index is 1240. The third kappa shape index (κ3) is 3.52. The van der Waals surface area contributed by atoms with Gasteiger partial charge in [0, 0.05) is 6.42 Å². The number of carbonyl (C=O) groups is 2. The number of cyclic esters (lactones) is 1. The molecule has 11 atom stereocenters. The minimum absolute atomic E-state index is 0.0381. The first-order valence-corrected chi connectivity index (χ1v) is 15.2. The summed E-state index contributed by atoms with van der Waals surface area (Å²) in [6, 6.07) is 0. The number of hydrogen-bond donors (Lipinski definition) is 2. The lowest BCUT2D eigenvalue weighted by atomic mass is 9.44. The second-order valence-corrected chi connectivity index (χ2v) is 14.2. The molecule has 9 nitrogen and oxygen atoms in total. The maximum absolute atomic E-state index is 13.3. The van der Waals surface area contributed by atoms with Gasteiger partial charge in [-0.05, 0) is 93.1 Å². The van der Waals surface area contributed by atoms with Crippen molar-refractivity contribution in [2.24, 2.45) is 40.4 Å². The summed E-state index contributed by atoms with van der Waals surface area (Å²) in [5.74, 6) is 0.864. The van der Waals surface area contributed by atoms with E-state index in [4.69, 9.17) is 14.0 Å². The van der Waals surface area contributed by atoms with Crippen LogP contribution < -0.4 is 0 Å². The van der Waals surface area contributed by atoms with Crippen LogP contribution in [0.4, 0.5) is 0 Å². The van der Waals surface area contributed by atoms with Gasteiger partial charge >= 0.3 is 16.4 Å². The highest BCUT2D eigenvalue weighted by Crippen LogP contribution is 2.73. The van der Waals surface area contributed by atoms with Gasteiger partial charge in [-0.25, -0.2) is 8.98 Å². The number of carbonyl (C=O) groups excluding carboxylic acids is 2. The van der Waals surface area contributed by atoms with E-state index in [9.17, 15) is 23.1 Å². The van der Waals surface area contributed by atoms with Gasteiger partial charge in [0.15, 0.2) is 5.78 Å². The van der Waals surface area contributed by atoms with Crippen molar-refractivity contribution < 1.29 is 41.3 Å². The number of ketones is 1. The quantitative estimate of drug-likeness (QED) is 0.300. The van der Waals surface area contributed by atoms with E-state index in [0.717, 1.165) is 37.7 Å². The Labute approximate surface area is 223 Å². The lowest BCUT2D eigenvalue weighted by Crippen LogP contribution is -2.63. The van der Waals surface area contributed by atoms with Gasteiger partial charge in [0.1, 0.15) is 24.4 Å². The van der Waals surface area contributed by atoms with Crippen LogP contribution in [-0.2, 0) is 33.6 Å². The van der Waals surface area contributed by atoms with E-state index in [1.165, 1.54) is 0 Å². The van der Waals surface area contributed by atoms with E-state index in [0.29, 0.717) is 24.2 Å². The Balaban J connectivity index is 1.21. The summed E-state index contributed by atoms with van der Waals surface area (Å²) in [4.78, 5) is 26.1. The molecule has 0 bridgehead atoms. The Morgan fingerprint density at radius 1 is 1.18 bits per heavy atom. The van der Waals surface area contributed by atoms with Crippen molar-refractivity contribution in [3.63, 3.8) is 0 Å². The smallest absolute Gasteiger partial charge is 0.397 e. The van der Waals surface area contributed by atoms with Crippen LogP contribution in [0.1, 0.15) is 66.2 Å². The van der Waals surface area contributed by atoms with Crippen LogP contribution in [0.2, 0.25) is 0 Å². The molecule has 2 heterocycles. The van der Waals surface area contributed by atoms with Crippen LogP contribution in [0.5, 0.6) is 0 Å². The van der Waals surface area contributed by atoms with E-state index in [-0.39, 0.29) is 40.8 Å². The van der Waals surface area contributed by atoms with Crippen molar-refractivity contribution in [2.45, 2.75) is 90.1 Å². The second-order valence-electron chi connectivity index (χ2n) is 13.1. The zero-order chi connectivity index (χ0) is 27.4. The van der Waals surface area contributed by atoms with Crippen molar-refractivity contribution in [1.29, 1.82) is 0 Å². The molecule has 4 aliphatic carbocycles. The fraction of sp³-hybridized carbons (Fsp3) is 0.786. The minimum atomic E-state index is -4.65. The Morgan fingerprint density at radius 3 is 2.61 bits per heavy atom. The topological polar surface area (TPSA) is 140 Å². The third-order valence-corrected chi connectivity index (χ3v) is 12.2. The highest BCUT2D eigenvalue weighted by molar-refractivity contribution is 7.80. The van der Waals surface area contributed by atoms with Crippen LogP contribution in [0.15, 0.2) is 23.3 Å². The normalized spacial score (nSPS) is 48.5. The monoisotopic (exact) mass is 550 g/mol. The third-order valence-electron chi connectivity index (χ3n) is 11.8. The van der Waals surface area contributed by atoms with Crippen molar-refractivity contribution >= 4 is 22.2 Å². The fourth-order valence-electron chi connectivity index (χ4n) is 9.81. The van der Waals surface area contributed by atoms with Crippen molar-refractivity contribution in [2.75, 3.05) is 6.61 Å².